The van der Waals surface area contributed by atoms with Crippen molar-refractivity contribution in [3.63, 3.8) is 0 Å². The highest BCUT2D eigenvalue weighted by Gasteiger charge is 2.14. The SMILES string of the molecule is O=S(=O)(Nc1ccc(Cl)nc1)c1cccc(Cl)c1. The number of sulfonamides is 1. The van der Waals surface area contributed by atoms with E-state index >= 15 is 0 Å². The van der Waals surface area contributed by atoms with Gasteiger partial charge in [-0.25, -0.2) is 13.4 Å². The molecule has 7 heteroatoms. The minimum atomic E-state index is -3.67. The van der Waals surface area contributed by atoms with Crippen LogP contribution in [0.4, 0.5) is 5.69 Å². The lowest BCUT2D eigenvalue weighted by Gasteiger charge is -2.07. The highest BCUT2D eigenvalue weighted by Crippen LogP contribution is 2.19. The lowest BCUT2D eigenvalue weighted by atomic mass is 10.4. The molecule has 2 aromatic rings. The van der Waals surface area contributed by atoms with Crippen LogP contribution in [0.25, 0.3) is 0 Å². The molecule has 0 unspecified atom stereocenters. The normalized spacial score (nSPS) is 11.2. The molecule has 1 aromatic heterocycles. The van der Waals surface area contributed by atoms with Gasteiger partial charge in [0.15, 0.2) is 0 Å². The topological polar surface area (TPSA) is 59.1 Å². The molecule has 0 saturated carbocycles. The predicted molar refractivity (Wildman–Crippen MR) is 71.5 cm³/mol. The van der Waals surface area contributed by atoms with E-state index < -0.39 is 10.0 Å². The van der Waals surface area contributed by atoms with Crippen LogP contribution < -0.4 is 4.72 Å². The van der Waals surface area contributed by atoms with Crippen molar-refractivity contribution in [2.45, 2.75) is 4.90 Å². The van der Waals surface area contributed by atoms with Gasteiger partial charge in [0.2, 0.25) is 0 Å². The standard InChI is InChI=1S/C11H8Cl2N2O2S/c12-8-2-1-3-10(6-8)18(16,17)15-9-4-5-11(13)14-7-9/h1-7,15H. The Morgan fingerprint density at radius 1 is 1.11 bits per heavy atom. The van der Waals surface area contributed by atoms with Crippen molar-refractivity contribution >= 4 is 38.9 Å². The highest BCUT2D eigenvalue weighted by molar-refractivity contribution is 7.92. The molecule has 94 valence electrons. The summed E-state index contributed by atoms with van der Waals surface area (Å²) >= 11 is 11.4. The van der Waals surface area contributed by atoms with E-state index in [-0.39, 0.29) is 4.90 Å². The number of anilines is 1. The molecule has 0 saturated heterocycles. The summed E-state index contributed by atoms with van der Waals surface area (Å²) in [6.07, 6.45) is 1.34. The third kappa shape index (κ3) is 3.13. The van der Waals surface area contributed by atoms with Gasteiger partial charge in [-0.05, 0) is 30.3 Å². The fourth-order valence-corrected chi connectivity index (χ4v) is 2.74. The zero-order valence-corrected chi connectivity index (χ0v) is 11.3. The zero-order valence-electron chi connectivity index (χ0n) is 8.97. The highest BCUT2D eigenvalue weighted by atomic mass is 35.5. The second-order valence-electron chi connectivity index (χ2n) is 3.43. The molecule has 18 heavy (non-hydrogen) atoms. The number of pyridine rings is 1. The summed E-state index contributed by atoms with van der Waals surface area (Å²) in [5, 5.41) is 0.646. The number of rotatable bonds is 3. The Morgan fingerprint density at radius 2 is 1.89 bits per heavy atom. The molecular formula is C11H8Cl2N2O2S. The van der Waals surface area contributed by atoms with E-state index in [1.54, 1.807) is 12.1 Å². The monoisotopic (exact) mass is 302 g/mol. The molecule has 0 radical (unpaired) electrons. The summed E-state index contributed by atoms with van der Waals surface area (Å²) in [7, 11) is -3.67. The van der Waals surface area contributed by atoms with Crippen molar-refractivity contribution in [3.8, 4) is 0 Å². The van der Waals surface area contributed by atoms with Gasteiger partial charge in [0.05, 0.1) is 16.8 Å². The van der Waals surface area contributed by atoms with Gasteiger partial charge in [-0.2, -0.15) is 0 Å². The third-order valence-electron chi connectivity index (χ3n) is 2.09. The van der Waals surface area contributed by atoms with Crippen LogP contribution in [-0.4, -0.2) is 13.4 Å². The number of nitrogens with one attached hydrogen (secondary N) is 1. The first-order valence-electron chi connectivity index (χ1n) is 4.87. The lowest BCUT2D eigenvalue weighted by Crippen LogP contribution is -2.12. The number of hydrogen-bond donors (Lipinski definition) is 1. The Hall–Kier alpha value is -1.30. The van der Waals surface area contributed by atoms with E-state index in [9.17, 15) is 8.42 Å². The fraction of sp³-hybridized carbons (Fsp3) is 0. The summed E-state index contributed by atoms with van der Waals surface area (Å²) in [6.45, 7) is 0. The van der Waals surface area contributed by atoms with E-state index in [1.807, 2.05) is 0 Å². The first-order valence-corrected chi connectivity index (χ1v) is 7.11. The van der Waals surface area contributed by atoms with Crippen LogP contribution in [0.1, 0.15) is 0 Å². The van der Waals surface area contributed by atoms with Gasteiger partial charge in [-0.15, -0.1) is 0 Å². The number of hydrogen-bond acceptors (Lipinski definition) is 3. The van der Waals surface area contributed by atoms with E-state index in [1.165, 1.54) is 30.5 Å². The minimum absolute atomic E-state index is 0.0879. The van der Waals surface area contributed by atoms with Gasteiger partial charge < -0.3 is 0 Å². The van der Waals surface area contributed by atoms with Crippen LogP contribution in [0.2, 0.25) is 10.2 Å². The molecule has 4 nitrogen and oxygen atoms in total. The number of aromatic nitrogens is 1. The van der Waals surface area contributed by atoms with E-state index in [0.29, 0.717) is 15.9 Å². The molecule has 0 aliphatic heterocycles. The van der Waals surface area contributed by atoms with Crippen LogP contribution in [0, 0.1) is 0 Å². The smallest absolute Gasteiger partial charge is 0.261 e. The molecule has 0 amide bonds. The summed E-state index contributed by atoms with van der Waals surface area (Å²) in [5.74, 6) is 0. The molecule has 0 atom stereocenters. The van der Waals surface area contributed by atoms with Crippen molar-refractivity contribution < 1.29 is 8.42 Å². The van der Waals surface area contributed by atoms with Crippen LogP contribution in [0.15, 0.2) is 47.5 Å². The van der Waals surface area contributed by atoms with Gasteiger partial charge in [0, 0.05) is 5.02 Å². The maximum Gasteiger partial charge on any atom is 0.261 e. The van der Waals surface area contributed by atoms with Crippen LogP contribution in [0.5, 0.6) is 0 Å². The van der Waals surface area contributed by atoms with Crippen molar-refractivity contribution in [1.82, 2.24) is 4.98 Å². The second kappa shape index (κ2) is 5.14. The molecular weight excluding hydrogens is 295 g/mol. The molecule has 0 bridgehead atoms. The average molecular weight is 303 g/mol. The van der Waals surface area contributed by atoms with E-state index in [0.717, 1.165) is 0 Å². The molecule has 0 fully saturated rings. The van der Waals surface area contributed by atoms with Gasteiger partial charge in [-0.1, -0.05) is 29.3 Å². The Bertz CT molecular complexity index is 657. The van der Waals surface area contributed by atoms with Crippen molar-refractivity contribution in [3.05, 3.63) is 52.8 Å². The second-order valence-corrected chi connectivity index (χ2v) is 5.94. The Balaban J connectivity index is 2.30. The largest absolute Gasteiger partial charge is 0.278 e. The quantitative estimate of drug-likeness (QED) is 0.886. The summed E-state index contributed by atoms with van der Waals surface area (Å²) in [4.78, 5) is 3.87. The van der Waals surface area contributed by atoms with Crippen molar-refractivity contribution in [2.75, 3.05) is 4.72 Å². The van der Waals surface area contributed by atoms with Crippen LogP contribution in [-0.2, 0) is 10.0 Å². The minimum Gasteiger partial charge on any atom is -0.278 e. The maximum absolute atomic E-state index is 12.0. The van der Waals surface area contributed by atoms with Gasteiger partial charge in [0.25, 0.3) is 10.0 Å². The summed E-state index contributed by atoms with van der Waals surface area (Å²) in [5.41, 5.74) is 0.333. The number of benzene rings is 1. The molecule has 0 aliphatic rings. The van der Waals surface area contributed by atoms with Crippen LogP contribution in [0.3, 0.4) is 0 Å². The van der Waals surface area contributed by atoms with Crippen molar-refractivity contribution in [1.29, 1.82) is 0 Å². The van der Waals surface area contributed by atoms with Gasteiger partial charge >= 0.3 is 0 Å². The third-order valence-corrected chi connectivity index (χ3v) is 3.92. The number of halogens is 2. The molecule has 0 spiro atoms. The fourth-order valence-electron chi connectivity index (χ4n) is 1.28. The van der Waals surface area contributed by atoms with E-state index in [4.69, 9.17) is 23.2 Å². The lowest BCUT2D eigenvalue weighted by molar-refractivity contribution is 0.601. The maximum atomic E-state index is 12.0. The molecule has 1 N–H and O–H groups in total. The Morgan fingerprint density at radius 3 is 2.50 bits per heavy atom. The first kappa shape index (κ1) is 13.1. The van der Waals surface area contributed by atoms with Gasteiger partial charge in [0.1, 0.15) is 5.15 Å². The predicted octanol–water partition coefficient (Wildman–Crippen LogP) is 3.19. The Labute approximate surface area is 115 Å². The van der Waals surface area contributed by atoms with Crippen LogP contribution >= 0.6 is 23.2 Å². The molecule has 1 heterocycles. The first-order chi connectivity index (χ1) is 8.47. The molecule has 2 rings (SSSR count). The summed E-state index contributed by atoms with van der Waals surface area (Å²) < 4.78 is 26.4. The summed E-state index contributed by atoms with van der Waals surface area (Å²) in [6, 6.07) is 9.01. The average Bonchev–Trinajstić information content (AvgIpc) is 2.32. The van der Waals surface area contributed by atoms with Gasteiger partial charge in [-0.3, -0.25) is 4.72 Å². The number of nitrogens with zero attached hydrogens (tertiary/aromatic N) is 1. The van der Waals surface area contributed by atoms with E-state index in [2.05, 4.69) is 9.71 Å². The van der Waals surface area contributed by atoms with Crippen molar-refractivity contribution in [2.24, 2.45) is 0 Å². The zero-order chi connectivity index (χ0) is 13.2. The Kier molecular flexibility index (Phi) is 3.75. The molecule has 1 aromatic carbocycles. The molecule has 0 aliphatic carbocycles.